The Balaban J connectivity index is 2.01. The first-order chi connectivity index (χ1) is 9.72. The van der Waals surface area contributed by atoms with Gasteiger partial charge >= 0.3 is 0 Å². The average Bonchev–Trinajstić information content (AvgIpc) is 2.90. The highest BCUT2D eigenvalue weighted by atomic mass is 32.1. The molecule has 1 aromatic carbocycles. The highest BCUT2D eigenvalue weighted by Crippen LogP contribution is 2.14. The molecule has 0 saturated heterocycles. The molecule has 0 fully saturated rings. The van der Waals surface area contributed by atoms with E-state index in [9.17, 15) is 4.79 Å². The van der Waals surface area contributed by atoms with Crippen molar-refractivity contribution in [3.8, 4) is 6.07 Å². The largest absolute Gasteiger partial charge is 0.330 e. The molecule has 0 spiro atoms. The van der Waals surface area contributed by atoms with E-state index in [0.29, 0.717) is 30.8 Å². The number of hydrogen-bond acceptors (Lipinski definition) is 5. The highest BCUT2D eigenvalue weighted by molar-refractivity contribution is 7.09. The lowest BCUT2D eigenvalue weighted by molar-refractivity contribution is 0.102. The number of benzene rings is 1. The average molecular weight is 286 g/mol. The maximum Gasteiger partial charge on any atom is 0.275 e. The predicted molar refractivity (Wildman–Crippen MR) is 78.6 cm³/mol. The molecule has 2 aromatic rings. The summed E-state index contributed by atoms with van der Waals surface area (Å²) in [7, 11) is 0. The van der Waals surface area contributed by atoms with Gasteiger partial charge in [-0.25, -0.2) is 4.98 Å². The van der Waals surface area contributed by atoms with Crippen LogP contribution in [0.1, 0.15) is 21.1 Å². The van der Waals surface area contributed by atoms with E-state index >= 15 is 0 Å². The Morgan fingerprint density at radius 2 is 2.15 bits per heavy atom. The molecule has 2 rings (SSSR count). The van der Waals surface area contributed by atoms with Crippen molar-refractivity contribution < 1.29 is 4.79 Å². The van der Waals surface area contributed by atoms with Gasteiger partial charge in [-0.2, -0.15) is 5.26 Å². The van der Waals surface area contributed by atoms with Crippen molar-refractivity contribution >= 4 is 22.9 Å². The molecular weight excluding hydrogens is 272 g/mol. The second-order valence-corrected chi connectivity index (χ2v) is 5.09. The topological polar surface area (TPSA) is 91.8 Å². The summed E-state index contributed by atoms with van der Waals surface area (Å²) in [4.78, 5) is 16.2. The van der Waals surface area contributed by atoms with Gasteiger partial charge < -0.3 is 11.1 Å². The van der Waals surface area contributed by atoms with E-state index in [4.69, 9.17) is 11.0 Å². The minimum absolute atomic E-state index is 0.238. The van der Waals surface area contributed by atoms with Gasteiger partial charge in [0.25, 0.3) is 5.91 Å². The Kier molecular flexibility index (Phi) is 4.82. The molecule has 0 bridgehead atoms. The van der Waals surface area contributed by atoms with Crippen molar-refractivity contribution in [2.45, 2.75) is 12.8 Å². The van der Waals surface area contributed by atoms with Crippen molar-refractivity contribution in [3.05, 3.63) is 45.9 Å². The Labute approximate surface area is 121 Å². The number of nitrogens with one attached hydrogen (secondary N) is 1. The number of nitrogens with two attached hydrogens (primary N) is 1. The third kappa shape index (κ3) is 3.63. The molecule has 1 heterocycles. The first kappa shape index (κ1) is 14.2. The summed E-state index contributed by atoms with van der Waals surface area (Å²) < 4.78 is 0. The Morgan fingerprint density at radius 1 is 1.40 bits per heavy atom. The maximum absolute atomic E-state index is 12.0. The van der Waals surface area contributed by atoms with Gasteiger partial charge in [0, 0.05) is 17.5 Å². The van der Waals surface area contributed by atoms with E-state index in [1.54, 1.807) is 17.5 Å². The third-order valence-corrected chi connectivity index (χ3v) is 3.55. The monoisotopic (exact) mass is 286 g/mol. The molecular formula is C14H14N4OS. The van der Waals surface area contributed by atoms with Gasteiger partial charge in [0.05, 0.1) is 17.5 Å². The molecule has 0 radical (unpaired) electrons. The standard InChI is InChI=1S/C14H14N4OS/c15-7-5-10-1-3-11(4-2-10)17-14(19)12-9-20-13(18-12)6-8-16/h1-4,9H,5-6,8,16H2,(H,17,19). The van der Waals surface area contributed by atoms with Gasteiger partial charge in [0.1, 0.15) is 5.69 Å². The van der Waals surface area contributed by atoms with Gasteiger partial charge in [-0.15, -0.1) is 11.3 Å². The highest BCUT2D eigenvalue weighted by Gasteiger charge is 2.10. The van der Waals surface area contributed by atoms with Crippen LogP contribution in [0.5, 0.6) is 0 Å². The van der Waals surface area contributed by atoms with E-state index in [1.807, 2.05) is 12.1 Å². The normalized spacial score (nSPS) is 10.0. The van der Waals surface area contributed by atoms with Gasteiger partial charge in [-0.05, 0) is 24.2 Å². The van der Waals surface area contributed by atoms with Crippen molar-refractivity contribution in [2.75, 3.05) is 11.9 Å². The second kappa shape index (κ2) is 6.80. The first-order valence-electron chi connectivity index (χ1n) is 6.14. The summed E-state index contributed by atoms with van der Waals surface area (Å²) in [6.45, 7) is 0.523. The number of aromatic nitrogens is 1. The zero-order valence-electron chi connectivity index (χ0n) is 10.8. The van der Waals surface area contributed by atoms with Crippen molar-refractivity contribution in [3.63, 3.8) is 0 Å². The van der Waals surface area contributed by atoms with Crippen LogP contribution in [-0.2, 0) is 12.8 Å². The number of amides is 1. The molecule has 5 nitrogen and oxygen atoms in total. The molecule has 0 saturated carbocycles. The fourth-order valence-corrected chi connectivity index (χ4v) is 2.44. The van der Waals surface area contributed by atoms with Gasteiger partial charge in [0.2, 0.25) is 0 Å². The Hall–Kier alpha value is -2.23. The smallest absolute Gasteiger partial charge is 0.275 e. The molecule has 6 heteroatoms. The summed E-state index contributed by atoms with van der Waals surface area (Å²) >= 11 is 1.43. The molecule has 20 heavy (non-hydrogen) atoms. The zero-order chi connectivity index (χ0) is 14.4. The van der Waals surface area contributed by atoms with Crippen LogP contribution in [-0.4, -0.2) is 17.4 Å². The number of hydrogen-bond donors (Lipinski definition) is 2. The SMILES string of the molecule is N#CCc1ccc(NC(=O)c2csc(CCN)n2)cc1. The van der Waals surface area contributed by atoms with E-state index in [1.165, 1.54) is 11.3 Å². The Bertz CT molecular complexity index is 627. The number of carbonyl (C=O) groups excluding carboxylic acids is 1. The number of anilines is 1. The van der Waals surface area contributed by atoms with Crippen LogP contribution in [0.15, 0.2) is 29.6 Å². The quantitative estimate of drug-likeness (QED) is 0.879. The minimum Gasteiger partial charge on any atom is -0.330 e. The van der Waals surface area contributed by atoms with E-state index < -0.39 is 0 Å². The molecule has 0 aliphatic rings. The Morgan fingerprint density at radius 3 is 2.80 bits per heavy atom. The van der Waals surface area contributed by atoms with Gasteiger partial charge in [-0.1, -0.05) is 12.1 Å². The minimum atomic E-state index is -0.238. The molecule has 102 valence electrons. The number of thiazole rings is 1. The molecule has 0 aliphatic carbocycles. The van der Waals surface area contributed by atoms with Crippen LogP contribution >= 0.6 is 11.3 Å². The fraction of sp³-hybridized carbons (Fsp3) is 0.214. The summed E-state index contributed by atoms with van der Waals surface area (Å²) in [6.07, 6.45) is 1.05. The van der Waals surface area contributed by atoms with Gasteiger partial charge in [-0.3, -0.25) is 4.79 Å². The molecule has 1 amide bonds. The van der Waals surface area contributed by atoms with Crippen molar-refractivity contribution in [2.24, 2.45) is 5.73 Å². The predicted octanol–water partition coefficient (Wildman–Crippen LogP) is 1.96. The summed E-state index contributed by atoms with van der Waals surface area (Å²) in [5, 5.41) is 14.0. The van der Waals surface area contributed by atoms with Crippen LogP contribution in [0.25, 0.3) is 0 Å². The van der Waals surface area contributed by atoms with Crippen molar-refractivity contribution in [1.82, 2.24) is 4.98 Å². The summed E-state index contributed by atoms with van der Waals surface area (Å²) in [5.74, 6) is -0.238. The van der Waals surface area contributed by atoms with Crippen LogP contribution < -0.4 is 11.1 Å². The number of carbonyl (C=O) groups is 1. The lowest BCUT2D eigenvalue weighted by atomic mass is 10.1. The number of rotatable bonds is 5. The summed E-state index contributed by atoms with van der Waals surface area (Å²) in [6, 6.07) is 9.27. The third-order valence-electron chi connectivity index (χ3n) is 2.64. The second-order valence-electron chi connectivity index (χ2n) is 4.15. The molecule has 0 atom stereocenters. The number of nitrogens with zero attached hydrogens (tertiary/aromatic N) is 2. The first-order valence-corrected chi connectivity index (χ1v) is 7.02. The molecule has 0 aliphatic heterocycles. The van der Waals surface area contributed by atoms with E-state index in [2.05, 4.69) is 16.4 Å². The lowest BCUT2D eigenvalue weighted by Gasteiger charge is -2.03. The number of nitriles is 1. The van der Waals surface area contributed by atoms with Crippen LogP contribution in [0.2, 0.25) is 0 Å². The molecule has 1 aromatic heterocycles. The maximum atomic E-state index is 12.0. The fourth-order valence-electron chi connectivity index (χ4n) is 1.65. The zero-order valence-corrected chi connectivity index (χ0v) is 11.6. The summed E-state index contributed by atoms with van der Waals surface area (Å²) in [5.41, 5.74) is 7.46. The molecule has 0 unspecified atom stereocenters. The van der Waals surface area contributed by atoms with Crippen LogP contribution in [0.4, 0.5) is 5.69 Å². The van der Waals surface area contributed by atoms with Crippen LogP contribution in [0, 0.1) is 11.3 Å². The molecule has 3 N–H and O–H groups in total. The van der Waals surface area contributed by atoms with E-state index in [-0.39, 0.29) is 5.91 Å². The van der Waals surface area contributed by atoms with E-state index in [0.717, 1.165) is 10.6 Å². The van der Waals surface area contributed by atoms with Crippen LogP contribution in [0.3, 0.4) is 0 Å². The van der Waals surface area contributed by atoms with Gasteiger partial charge in [0.15, 0.2) is 0 Å². The lowest BCUT2D eigenvalue weighted by Crippen LogP contribution is -2.12. The van der Waals surface area contributed by atoms with Crippen molar-refractivity contribution in [1.29, 1.82) is 5.26 Å².